The zero-order valence-electron chi connectivity index (χ0n) is 23.6. The number of hydrogen-bond donors (Lipinski definition) is 1. The number of esters is 1. The van der Waals surface area contributed by atoms with Gasteiger partial charge in [0.1, 0.15) is 40.0 Å². The van der Waals surface area contributed by atoms with Crippen molar-refractivity contribution in [2.75, 3.05) is 23.3 Å². The Hall–Kier alpha value is -4.87. The lowest BCUT2D eigenvalue weighted by atomic mass is 9.97. The molecule has 1 aliphatic rings. The van der Waals surface area contributed by atoms with Crippen molar-refractivity contribution in [3.63, 3.8) is 0 Å². The average Bonchev–Trinajstić information content (AvgIpc) is 3.26. The van der Waals surface area contributed by atoms with Gasteiger partial charge in [0.05, 0.1) is 25.1 Å². The molecule has 0 aliphatic carbocycles. The van der Waals surface area contributed by atoms with Crippen LogP contribution in [-0.4, -0.2) is 59.1 Å². The van der Waals surface area contributed by atoms with E-state index >= 15 is 0 Å². The monoisotopic (exact) mass is 553 g/mol. The number of nitrogens with one attached hydrogen (secondary N) is 1. The summed E-state index contributed by atoms with van der Waals surface area (Å²) in [6.45, 7) is 8.97. The Kier molecular flexibility index (Phi) is 6.60. The van der Waals surface area contributed by atoms with Crippen molar-refractivity contribution in [1.29, 1.82) is 0 Å². The Morgan fingerprint density at radius 3 is 2.66 bits per heavy atom. The first kappa shape index (κ1) is 26.4. The van der Waals surface area contributed by atoms with Crippen LogP contribution in [0.2, 0.25) is 0 Å². The smallest absolute Gasteiger partial charge is 0.306 e. The topological polar surface area (TPSA) is 133 Å². The Morgan fingerprint density at radius 2 is 1.88 bits per heavy atom. The highest BCUT2D eigenvalue weighted by Gasteiger charge is 2.32. The van der Waals surface area contributed by atoms with Crippen LogP contribution in [0.1, 0.15) is 32.8 Å². The van der Waals surface area contributed by atoms with Crippen LogP contribution in [0, 0.1) is 12.8 Å². The number of ether oxygens (including phenoxy) is 2. The molecule has 4 aromatic heterocycles. The van der Waals surface area contributed by atoms with Crippen LogP contribution in [0.15, 0.2) is 49.3 Å². The molecule has 0 unspecified atom stereocenters. The molecule has 1 saturated heterocycles. The predicted octanol–water partition coefficient (Wildman–Crippen LogP) is 4.71. The SMILES string of the molecule is Cc1cc(Nc2ncnc3cnc(N4CC(CC(=O)OC(C)(C)C)C4)nc23)ccc1Oc1cnc2c(c1)ncn2C. The molecule has 1 aromatic carbocycles. The third-order valence-electron chi connectivity index (χ3n) is 6.67. The van der Waals surface area contributed by atoms with Crippen LogP contribution >= 0.6 is 0 Å². The quantitative estimate of drug-likeness (QED) is 0.281. The van der Waals surface area contributed by atoms with Crippen molar-refractivity contribution in [2.45, 2.75) is 39.7 Å². The minimum absolute atomic E-state index is 0.181. The number of pyridine rings is 1. The largest absolute Gasteiger partial charge is 0.460 e. The molecule has 6 rings (SSSR count). The summed E-state index contributed by atoms with van der Waals surface area (Å²) in [7, 11) is 1.90. The number of benzene rings is 1. The van der Waals surface area contributed by atoms with Gasteiger partial charge in [-0.15, -0.1) is 0 Å². The van der Waals surface area contributed by atoms with Gasteiger partial charge in [0, 0.05) is 37.8 Å². The first-order valence-corrected chi connectivity index (χ1v) is 13.4. The summed E-state index contributed by atoms with van der Waals surface area (Å²) in [5.41, 5.74) is 4.09. The van der Waals surface area contributed by atoms with E-state index in [0.29, 0.717) is 53.8 Å². The minimum atomic E-state index is -0.482. The first-order chi connectivity index (χ1) is 19.6. The van der Waals surface area contributed by atoms with Gasteiger partial charge >= 0.3 is 5.97 Å². The van der Waals surface area contributed by atoms with Crippen molar-refractivity contribution in [2.24, 2.45) is 13.0 Å². The number of aryl methyl sites for hydroxylation is 2. The lowest BCUT2D eigenvalue weighted by Crippen LogP contribution is -2.48. The summed E-state index contributed by atoms with van der Waals surface area (Å²) in [5.74, 6) is 2.50. The molecule has 0 amide bonds. The summed E-state index contributed by atoms with van der Waals surface area (Å²) >= 11 is 0. The molecular formula is C29H31N9O3. The molecule has 1 aliphatic heterocycles. The lowest BCUT2D eigenvalue weighted by Gasteiger charge is -2.39. The molecule has 210 valence electrons. The zero-order valence-corrected chi connectivity index (χ0v) is 23.6. The second-order valence-electron chi connectivity index (χ2n) is 11.3. The van der Waals surface area contributed by atoms with Crippen LogP contribution in [-0.2, 0) is 16.6 Å². The van der Waals surface area contributed by atoms with Gasteiger partial charge in [-0.05, 0) is 51.5 Å². The molecule has 0 atom stereocenters. The molecule has 5 aromatic rings. The van der Waals surface area contributed by atoms with Gasteiger partial charge in [0.15, 0.2) is 11.5 Å². The van der Waals surface area contributed by atoms with Gasteiger partial charge < -0.3 is 24.3 Å². The van der Waals surface area contributed by atoms with Crippen LogP contribution in [0.4, 0.5) is 17.5 Å². The van der Waals surface area contributed by atoms with Gasteiger partial charge in [-0.3, -0.25) is 4.79 Å². The summed E-state index contributed by atoms with van der Waals surface area (Å²) in [4.78, 5) is 41.0. The Labute approximate surface area is 236 Å². The van der Waals surface area contributed by atoms with E-state index in [1.807, 2.05) is 68.5 Å². The zero-order chi connectivity index (χ0) is 28.7. The number of fused-ring (bicyclic) bond motifs is 2. The number of aromatic nitrogens is 7. The number of anilines is 3. The van der Waals surface area contributed by atoms with E-state index in [-0.39, 0.29) is 11.9 Å². The van der Waals surface area contributed by atoms with E-state index < -0.39 is 5.60 Å². The number of nitrogens with zero attached hydrogens (tertiary/aromatic N) is 8. The standard InChI is InChI=1S/C29H31N9O3/c1-17-8-19(6-7-23(17)40-20-10-21-27(30-11-20)37(5)16-34-21)35-26-25-22(32-15-33-26)12-31-28(36-25)38-13-18(14-38)9-24(39)41-29(2,3)4/h6-8,10-12,15-16,18H,9,13-14H2,1-5H3,(H,32,33,35). The van der Waals surface area contributed by atoms with Gasteiger partial charge in [-0.2, -0.15) is 0 Å². The normalized spacial score (nSPS) is 13.8. The van der Waals surface area contributed by atoms with Gasteiger partial charge in [-0.1, -0.05) is 0 Å². The molecule has 0 spiro atoms. The number of carbonyl (C=O) groups is 1. The maximum absolute atomic E-state index is 12.2. The van der Waals surface area contributed by atoms with Crippen molar-refractivity contribution in [3.05, 3.63) is 54.9 Å². The minimum Gasteiger partial charge on any atom is -0.460 e. The molecule has 1 fully saturated rings. The van der Waals surface area contributed by atoms with E-state index in [2.05, 4.69) is 30.2 Å². The van der Waals surface area contributed by atoms with E-state index in [1.165, 1.54) is 6.33 Å². The van der Waals surface area contributed by atoms with Crippen molar-refractivity contribution < 1.29 is 14.3 Å². The Morgan fingerprint density at radius 1 is 1.05 bits per heavy atom. The molecule has 0 radical (unpaired) electrons. The third-order valence-corrected chi connectivity index (χ3v) is 6.67. The number of carbonyl (C=O) groups excluding carboxylic acids is 1. The van der Waals surface area contributed by atoms with Crippen molar-refractivity contribution >= 4 is 45.6 Å². The Balaban J connectivity index is 1.15. The Bertz CT molecular complexity index is 1760. The summed E-state index contributed by atoms with van der Waals surface area (Å²) in [5, 5.41) is 3.36. The summed E-state index contributed by atoms with van der Waals surface area (Å²) < 4.78 is 13.4. The fourth-order valence-electron chi connectivity index (χ4n) is 4.73. The fourth-order valence-corrected chi connectivity index (χ4v) is 4.73. The molecule has 41 heavy (non-hydrogen) atoms. The van der Waals surface area contributed by atoms with E-state index in [0.717, 1.165) is 22.4 Å². The van der Waals surface area contributed by atoms with Gasteiger partial charge in [0.2, 0.25) is 5.95 Å². The molecule has 12 nitrogen and oxygen atoms in total. The maximum atomic E-state index is 12.2. The average molecular weight is 554 g/mol. The maximum Gasteiger partial charge on any atom is 0.306 e. The highest BCUT2D eigenvalue weighted by molar-refractivity contribution is 5.87. The molecule has 5 heterocycles. The van der Waals surface area contributed by atoms with Crippen LogP contribution in [0.5, 0.6) is 11.5 Å². The number of hydrogen-bond acceptors (Lipinski definition) is 11. The molecule has 12 heteroatoms. The predicted molar refractivity (Wildman–Crippen MR) is 154 cm³/mol. The number of imidazole rings is 1. The van der Waals surface area contributed by atoms with E-state index in [4.69, 9.17) is 14.5 Å². The summed E-state index contributed by atoms with van der Waals surface area (Å²) in [6.07, 6.45) is 6.98. The lowest BCUT2D eigenvalue weighted by molar-refractivity contribution is -0.156. The van der Waals surface area contributed by atoms with E-state index in [1.54, 1.807) is 18.7 Å². The first-order valence-electron chi connectivity index (χ1n) is 13.4. The summed E-state index contributed by atoms with van der Waals surface area (Å²) in [6, 6.07) is 7.67. The van der Waals surface area contributed by atoms with E-state index in [9.17, 15) is 4.79 Å². The van der Waals surface area contributed by atoms with Crippen LogP contribution < -0.4 is 15.0 Å². The van der Waals surface area contributed by atoms with Gasteiger partial charge in [-0.25, -0.2) is 29.9 Å². The molecule has 1 N–H and O–H groups in total. The third kappa shape index (κ3) is 5.72. The molecule has 0 saturated carbocycles. The fraction of sp³-hybridized carbons (Fsp3) is 0.345. The number of rotatable bonds is 7. The highest BCUT2D eigenvalue weighted by Crippen LogP contribution is 2.31. The second kappa shape index (κ2) is 10.3. The highest BCUT2D eigenvalue weighted by atomic mass is 16.6. The van der Waals surface area contributed by atoms with Crippen LogP contribution in [0.25, 0.3) is 22.2 Å². The van der Waals surface area contributed by atoms with Crippen molar-refractivity contribution in [1.82, 2.24) is 34.5 Å². The van der Waals surface area contributed by atoms with Crippen LogP contribution in [0.3, 0.4) is 0 Å². The van der Waals surface area contributed by atoms with Crippen molar-refractivity contribution in [3.8, 4) is 11.5 Å². The molecular weight excluding hydrogens is 522 g/mol. The van der Waals surface area contributed by atoms with Gasteiger partial charge in [0.25, 0.3) is 0 Å². The molecule has 0 bridgehead atoms. The second-order valence-corrected chi connectivity index (χ2v) is 11.3.